The first-order valence-electron chi connectivity index (χ1n) is 11.2. The number of sulfonamides is 2. The maximum absolute atomic E-state index is 13.0. The number of piperidine rings is 1. The number of aryl methyl sites for hydroxylation is 1. The number of carbonyl (C=O) groups excluding carboxylic acids is 1. The molecule has 2 aromatic rings. The maximum atomic E-state index is 13.0. The van der Waals surface area contributed by atoms with E-state index >= 15 is 0 Å². The zero-order valence-corrected chi connectivity index (χ0v) is 21.0. The van der Waals surface area contributed by atoms with Crippen molar-refractivity contribution < 1.29 is 26.4 Å². The lowest BCUT2D eigenvalue weighted by molar-refractivity contribution is -0.126. The van der Waals surface area contributed by atoms with E-state index in [0.717, 1.165) is 5.56 Å². The van der Waals surface area contributed by atoms with Crippen molar-refractivity contribution in [1.82, 2.24) is 14.3 Å². The third-order valence-electron chi connectivity index (χ3n) is 5.58. The summed E-state index contributed by atoms with van der Waals surface area (Å²) in [6.45, 7) is 4.77. The van der Waals surface area contributed by atoms with Crippen LogP contribution in [0.5, 0.6) is 5.75 Å². The number of carbonyl (C=O) groups is 1. The van der Waals surface area contributed by atoms with E-state index in [1.54, 1.807) is 24.3 Å². The molecule has 0 radical (unpaired) electrons. The van der Waals surface area contributed by atoms with Gasteiger partial charge in [0.15, 0.2) is 0 Å². The fourth-order valence-electron chi connectivity index (χ4n) is 3.71. The molecule has 2 N–H and O–H groups in total. The van der Waals surface area contributed by atoms with E-state index in [2.05, 4.69) is 10.0 Å². The first-order valence-corrected chi connectivity index (χ1v) is 14.1. The summed E-state index contributed by atoms with van der Waals surface area (Å²) in [7, 11) is -7.40. The second kappa shape index (κ2) is 11.3. The molecule has 11 heteroatoms. The van der Waals surface area contributed by atoms with Gasteiger partial charge in [-0.25, -0.2) is 21.6 Å². The molecule has 0 unspecified atom stereocenters. The van der Waals surface area contributed by atoms with Crippen LogP contribution < -0.4 is 14.8 Å². The molecular formula is C23H31N3O6S2. The summed E-state index contributed by atoms with van der Waals surface area (Å²) < 4.78 is 59.9. The van der Waals surface area contributed by atoms with Gasteiger partial charge < -0.3 is 10.1 Å². The minimum atomic E-state index is -3.73. The Labute approximate surface area is 201 Å². The zero-order chi connectivity index (χ0) is 24.8. The van der Waals surface area contributed by atoms with Crippen LogP contribution in [-0.2, 0) is 24.8 Å². The van der Waals surface area contributed by atoms with Crippen LogP contribution in [0.15, 0.2) is 58.3 Å². The largest absolute Gasteiger partial charge is 0.494 e. The van der Waals surface area contributed by atoms with Gasteiger partial charge in [0.05, 0.1) is 22.3 Å². The Bertz CT molecular complexity index is 1180. The van der Waals surface area contributed by atoms with Crippen molar-refractivity contribution in [2.45, 2.75) is 36.5 Å². The Morgan fingerprint density at radius 2 is 1.65 bits per heavy atom. The molecule has 0 aliphatic carbocycles. The fourth-order valence-corrected chi connectivity index (χ4v) is 6.27. The normalized spacial score (nSPS) is 17.3. The van der Waals surface area contributed by atoms with E-state index in [1.807, 2.05) is 13.8 Å². The number of benzene rings is 2. The summed E-state index contributed by atoms with van der Waals surface area (Å²) in [5, 5.41) is 2.71. The molecule has 0 saturated carbocycles. The Kier molecular flexibility index (Phi) is 8.69. The molecule has 1 aliphatic rings. The Morgan fingerprint density at radius 3 is 2.29 bits per heavy atom. The Balaban J connectivity index is 1.52. The predicted octanol–water partition coefficient (Wildman–Crippen LogP) is 1.89. The molecule has 2 aromatic carbocycles. The van der Waals surface area contributed by atoms with Crippen LogP contribution in [0.4, 0.5) is 0 Å². The predicted molar refractivity (Wildman–Crippen MR) is 128 cm³/mol. The van der Waals surface area contributed by atoms with Crippen LogP contribution in [0.3, 0.4) is 0 Å². The lowest BCUT2D eigenvalue weighted by atomic mass is 9.99. The molecule has 1 amide bonds. The second-order valence-corrected chi connectivity index (χ2v) is 11.8. The number of hydrogen-bond donors (Lipinski definition) is 2. The van der Waals surface area contributed by atoms with Crippen LogP contribution in [0.1, 0.15) is 25.3 Å². The van der Waals surface area contributed by atoms with Gasteiger partial charge in [0, 0.05) is 26.2 Å². The number of nitrogens with one attached hydrogen (secondary N) is 2. The van der Waals surface area contributed by atoms with Gasteiger partial charge in [0.1, 0.15) is 5.75 Å². The van der Waals surface area contributed by atoms with E-state index in [9.17, 15) is 21.6 Å². The van der Waals surface area contributed by atoms with Gasteiger partial charge in [0.25, 0.3) is 0 Å². The highest BCUT2D eigenvalue weighted by Crippen LogP contribution is 2.25. The number of ether oxygens (including phenoxy) is 1. The Morgan fingerprint density at radius 1 is 1.00 bits per heavy atom. The average Bonchev–Trinajstić information content (AvgIpc) is 2.82. The van der Waals surface area contributed by atoms with E-state index in [1.165, 1.54) is 28.6 Å². The second-order valence-electron chi connectivity index (χ2n) is 8.11. The van der Waals surface area contributed by atoms with Crippen LogP contribution >= 0.6 is 0 Å². The average molecular weight is 510 g/mol. The molecule has 1 atom stereocenters. The molecule has 3 rings (SSSR count). The van der Waals surface area contributed by atoms with Crippen LogP contribution in [-0.4, -0.2) is 59.8 Å². The van der Waals surface area contributed by atoms with Gasteiger partial charge in [-0.15, -0.1) is 0 Å². The molecule has 1 heterocycles. The molecule has 34 heavy (non-hydrogen) atoms. The summed E-state index contributed by atoms with van der Waals surface area (Å²) in [4.78, 5) is 12.9. The minimum Gasteiger partial charge on any atom is -0.494 e. The first kappa shape index (κ1) is 26.1. The van der Waals surface area contributed by atoms with E-state index < -0.39 is 26.0 Å². The fraction of sp³-hybridized carbons (Fsp3) is 0.435. The zero-order valence-electron chi connectivity index (χ0n) is 19.4. The Hall–Kier alpha value is -2.47. The third kappa shape index (κ3) is 6.56. The standard InChI is InChI=1S/C23H31N3O6S2/c1-3-32-20-8-12-22(13-9-20)34(30,31)26-16-4-5-19(17-26)23(27)24-14-15-25-33(28,29)21-10-6-18(2)7-11-21/h6-13,19,25H,3-5,14-17H2,1-2H3,(H,24,27)/t19-/m0/s1. The summed E-state index contributed by atoms with van der Waals surface area (Å²) in [5.74, 6) is -0.198. The molecule has 0 bridgehead atoms. The third-order valence-corrected chi connectivity index (χ3v) is 8.93. The van der Waals surface area contributed by atoms with Gasteiger partial charge in [0.2, 0.25) is 26.0 Å². The molecular weight excluding hydrogens is 478 g/mol. The number of nitrogens with zero attached hydrogens (tertiary/aromatic N) is 1. The highest BCUT2D eigenvalue weighted by molar-refractivity contribution is 7.89. The van der Waals surface area contributed by atoms with Crippen molar-refractivity contribution in [2.75, 3.05) is 32.8 Å². The summed E-state index contributed by atoms with van der Waals surface area (Å²) >= 11 is 0. The van der Waals surface area contributed by atoms with Crippen LogP contribution in [0.25, 0.3) is 0 Å². The van der Waals surface area contributed by atoms with Crippen molar-refractivity contribution >= 4 is 26.0 Å². The monoisotopic (exact) mass is 509 g/mol. The van der Waals surface area contributed by atoms with E-state index in [4.69, 9.17) is 4.74 Å². The molecule has 0 aromatic heterocycles. The smallest absolute Gasteiger partial charge is 0.243 e. The van der Waals surface area contributed by atoms with E-state index in [0.29, 0.717) is 31.7 Å². The first-order chi connectivity index (χ1) is 16.1. The number of amides is 1. The molecule has 1 aliphatic heterocycles. The maximum Gasteiger partial charge on any atom is 0.243 e. The van der Waals surface area contributed by atoms with Crippen molar-refractivity contribution in [3.8, 4) is 5.75 Å². The van der Waals surface area contributed by atoms with Crippen molar-refractivity contribution in [1.29, 1.82) is 0 Å². The SMILES string of the molecule is CCOc1ccc(S(=O)(=O)N2CCC[C@H](C(=O)NCCNS(=O)(=O)c3ccc(C)cc3)C2)cc1. The molecule has 1 fully saturated rings. The summed E-state index contributed by atoms with van der Waals surface area (Å²) in [6.07, 6.45) is 1.13. The van der Waals surface area contributed by atoms with Crippen LogP contribution in [0, 0.1) is 12.8 Å². The molecule has 0 spiro atoms. The van der Waals surface area contributed by atoms with Crippen LogP contribution in [0.2, 0.25) is 0 Å². The molecule has 1 saturated heterocycles. The minimum absolute atomic E-state index is 0.0306. The lowest BCUT2D eigenvalue weighted by Crippen LogP contribution is -2.46. The van der Waals surface area contributed by atoms with Gasteiger partial charge in [-0.3, -0.25) is 4.79 Å². The van der Waals surface area contributed by atoms with E-state index in [-0.39, 0.29) is 35.3 Å². The van der Waals surface area contributed by atoms with Gasteiger partial charge in [-0.2, -0.15) is 4.31 Å². The van der Waals surface area contributed by atoms with Gasteiger partial charge in [-0.05, 0) is 63.1 Å². The summed E-state index contributed by atoms with van der Waals surface area (Å²) in [5.41, 5.74) is 0.956. The van der Waals surface area contributed by atoms with Crippen molar-refractivity contribution in [2.24, 2.45) is 5.92 Å². The van der Waals surface area contributed by atoms with Gasteiger partial charge >= 0.3 is 0 Å². The van der Waals surface area contributed by atoms with Crippen molar-refractivity contribution in [3.05, 3.63) is 54.1 Å². The summed E-state index contributed by atoms with van der Waals surface area (Å²) in [6, 6.07) is 12.7. The quantitative estimate of drug-likeness (QED) is 0.472. The number of rotatable bonds is 10. The van der Waals surface area contributed by atoms with Crippen molar-refractivity contribution in [3.63, 3.8) is 0 Å². The lowest BCUT2D eigenvalue weighted by Gasteiger charge is -2.31. The number of hydrogen-bond acceptors (Lipinski definition) is 6. The van der Waals surface area contributed by atoms with Gasteiger partial charge in [-0.1, -0.05) is 17.7 Å². The highest BCUT2D eigenvalue weighted by Gasteiger charge is 2.33. The molecule has 186 valence electrons. The molecule has 9 nitrogen and oxygen atoms in total. The highest BCUT2D eigenvalue weighted by atomic mass is 32.2. The topological polar surface area (TPSA) is 122 Å².